The summed E-state index contributed by atoms with van der Waals surface area (Å²) < 4.78 is 5.66. The summed E-state index contributed by atoms with van der Waals surface area (Å²) in [6.45, 7) is 10.2. The van der Waals surface area contributed by atoms with Gasteiger partial charge in [-0.1, -0.05) is 19.1 Å². The van der Waals surface area contributed by atoms with E-state index in [-0.39, 0.29) is 18.8 Å². The van der Waals surface area contributed by atoms with Crippen molar-refractivity contribution in [2.45, 2.75) is 47.1 Å². The van der Waals surface area contributed by atoms with Crippen molar-refractivity contribution in [2.24, 2.45) is 0 Å². The molecule has 19 heavy (non-hydrogen) atoms. The van der Waals surface area contributed by atoms with Crippen LogP contribution in [0.3, 0.4) is 0 Å². The zero-order valence-corrected chi connectivity index (χ0v) is 12.5. The van der Waals surface area contributed by atoms with Gasteiger partial charge in [0, 0.05) is 6.04 Å². The first-order chi connectivity index (χ1) is 8.95. The van der Waals surface area contributed by atoms with Crippen molar-refractivity contribution in [1.82, 2.24) is 10.6 Å². The van der Waals surface area contributed by atoms with Crippen molar-refractivity contribution in [3.05, 3.63) is 28.8 Å². The molecule has 0 heterocycles. The van der Waals surface area contributed by atoms with Gasteiger partial charge in [-0.05, 0) is 50.8 Å². The van der Waals surface area contributed by atoms with Crippen LogP contribution in [-0.4, -0.2) is 18.8 Å². The molecule has 0 saturated heterocycles. The van der Waals surface area contributed by atoms with Crippen molar-refractivity contribution in [1.29, 1.82) is 0 Å². The van der Waals surface area contributed by atoms with Gasteiger partial charge in [-0.2, -0.15) is 0 Å². The van der Waals surface area contributed by atoms with Gasteiger partial charge >= 0.3 is 6.03 Å². The summed E-state index contributed by atoms with van der Waals surface area (Å²) in [6.07, 6.45) is 0.907. The third kappa shape index (κ3) is 4.47. The largest absolute Gasteiger partial charge is 0.473 e. The lowest BCUT2D eigenvalue weighted by atomic mass is 10.1. The lowest BCUT2D eigenvalue weighted by molar-refractivity contribution is 0.220. The number of ether oxygens (including phenoxy) is 1. The fraction of sp³-hybridized carbons (Fsp3) is 0.533. The molecule has 2 N–H and O–H groups in total. The molecule has 0 radical (unpaired) electrons. The fourth-order valence-electron chi connectivity index (χ4n) is 1.70. The summed E-state index contributed by atoms with van der Waals surface area (Å²) in [5, 5.41) is 5.52. The number of aryl methyl sites for hydroxylation is 2. The Morgan fingerprint density at radius 1 is 1.26 bits per heavy atom. The topological polar surface area (TPSA) is 50.4 Å². The van der Waals surface area contributed by atoms with Gasteiger partial charge in [-0.15, -0.1) is 0 Å². The molecule has 0 aliphatic carbocycles. The lowest BCUT2D eigenvalue weighted by Gasteiger charge is -2.16. The second-order valence-electron chi connectivity index (χ2n) is 4.90. The van der Waals surface area contributed by atoms with E-state index >= 15 is 0 Å². The number of hydrogen-bond acceptors (Lipinski definition) is 2. The highest BCUT2D eigenvalue weighted by Gasteiger charge is 2.08. The summed E-state index contributed by atoms with van der Waals surface area (Å²) in [7, 11) is 0. The van der Waals surface area contributed by atoms with E-state index in [1.165, 1.54) is 5.56 Å². The molecule has 0 aliphatic rings. The van der Waals surface area contributed by atoms with Crippen molar-refractivity contribution >= 4 is 6.03 Å². The Bertz CT molecular complexity index is 444. The highest BCUT2D eigenvalue weighted by atomic mass is 16.5. The van der Waals surface area contributed by atoms with Gasteiger partial charge in [0.05, 0.1) is 0 Å². The van der Waals surface area contributed by atoms with Gasteiger partial charge in [0.15, 0.2) is 6.73 Å². The molecule has 1 atom stereocenters. The maximum absolute atomic E-state index is 11.5. The Labute approximate surface area is 115 Å². The Morgan fingerprint density at radius 2 is 1.89 bits per heavy atom. The van der Waals surface area contributed by atoms with E-state index in [1.54, 1.807) is 0 Å². The van der Waals surface area contributed by atoms with Crippen LogP contribution >= 0.6 is 0 Å². The number of rotatable bonds is 5. The Morgan fingerprint density at radius 3 is 2.53 bits per heavy atom. The Balaban J connectivity index is 2.50. The molecule has 0 aromatic heterocycles. The fourth-order valence-corrected chi connectivity index (χ4v) is 1.70. The average Bonchev–Trinajstić information content (AvgIpc) is 2.38. The smallest absolute Gasteiger partial charge is 0.317 e. The van der Waals surface area contributed by atoms with Crippen molar-refractivity contribution < 1.29 is 9.53 Å². The molecule has 0 saturated carbocycles. The van der Waals surface area contributed by atoms with Crippen LogP contribution in [0.25, 0.3) is 0 Å². The zero-order chi connectivity index (χ0) is 14.4. The van der Waals surface area contributed by atoms with Crippen molar-refractivity contribution in [3.8, 4) is 5.75 Å². The summed E-state index contributed by atoms with van der Waals surface area (Å²) in [4.78, 5) is 11.5. The first-order valence-electron chi connectivity index (χ1n) is 6.69. The van der Waals surface area contributed by atoms with Crippen molar-refractivity contribution in [3.63, 3.8) is 0 Å². The third-order valence-corrected chi connectivity index (χ3v) is 3.31. The molecular formula is C15H24N2O2. The van der Waals surface area contributed by atoms with Crippen LogP contribution in [0.4, 0.5) is 4.79 Å². The average molecular weight is 264 g/mol. The minimum Gasteiger partial charge on any atom is -0.473 e. The van der Waals surface area contributed by atoms with Gasteiger partial charge in [0.1, 0.15) is 5.75 Å². The Kier molecular flexibility index (Phi) is 5.67. The number of amides is 2. The minimum atomic E-state index is -0.197. The van der Waals surface area contributed by atoms with E-state index in [2.05, 4.69) is 16.7 Å². The molecule has 1 unspecified atom stereocenters. The third-order valence-electron chi connectivity index (χ3n) is 3.31. The van der Waals surface area contributed by atoms with Crippen LogP contribution in [0.5, 0.6) is 5.75 Å². The van der Waals surface area contributed by atoms with Gasteiger partial charge in [0.25, 0.3) is 0 Å². The number of carbonyl (C=O) groups is 1. The van der Waals surface area contributed by atoms with E-state index in [9.17, 15) is 4.79 Å². The summed E-state index contributed by atoms with van der Waals surface area (Å²) in [5.41, 5.74) is 3.38. The molecule has 4 heteroatoms. The monoisotopic (exact) mass is 264 g/mol. The summed E-state index contributed by atoms with van der Waals surface area (Å²) in [6, 6.07) is 4.07. The zero-order valence-electron chi connectivity index (χ0n) is 12.5. The molecule has 106 valence electrons. The molecular weight excluding hydrogens is 240 g/mol. The van der Waals surface area contributed by atoms with Gasteiger partial charge < -0.3 is 15.4 Å². The molecule has 0 spiro atoms. The highest BCUT2D eigenvalue weighted by Crippen LogP contribution is 2.25. The second-order valence-corrected chi connectivity index (χ2v) is 4.90. The maximum atomic E-state index is 11.5. The molecule has 4 nitrogen and oxygen atoms in total. The number of hydrogen-bond donors (Lipinski definition) is 2. The second kappa shape index (κ2) is 7.02. The number of carbonyl (C=O) groups excluding carboxylic acids is 1. The van der Waals surface area contributed by atoms with Crippen LogP contribution in [-0.2, 0) is 0 Å². The summed E-state index contributed by atoms with van der Waals surface area (Å²) >= 11 is 0. The van der Waals surface area contributed by atoms with E-state index in [1.807, 2.05) is 40.7 Å². The molecule has 0 bridgehead atoms. The predicted molar refractivity (Wildman–Crippen MR) is 77.6 cm³/mol. The lowest BCUT2D eigenvalue weighted by Crippen LogP contribution is -2.42. The van der Waals surface area contributed by atoms with E-state index in [0.717, 1.165) is 23.3 Å². The van der Waals surface area contributed by atoms with Crippen LogP contribution in [0.1, 0.15) is 37.0 Å². The quantitative estimate of drug-likeness (QED) is 0.803. The summed E-state index contributed by atoms with van der Waals surface area (Å²) in [5.74, 6) is 0.851. The Hall–Kier alpha value is -1.71. The normalized spacial score (nSPS) is 11.8. The first-order valence-corrected chi connectivity index (χ1v) is 6.69. The van der Waals surface area contributed by atoms with Gasteiger partial charge in [-0.3, -0.25) is 0 Å². The van der Waals surface area contributed by atoms with Crippen LogP contribution in [0.2, 0.25) is 0 Å². The van der Waals surface area contributed by atoms with Crippen LogP contribution < -0.4 is 15.4 Å². The first kappa shape index (κ1) is 15.3. The maximum Gasteiger partial charge on any atom is 0.317 e. The van der Waals surface area contributed by atoms with Crippen LogP contribution in [0.15, 0.2) is 12.1 Å². The SMILES string of the molecule is CCC(C)NC(=O)NCOc1c(C)ccc(C)c1C. The van der Waals surface area contributed by atoms with E-state index in [4.69, 9.17) is 4.74 Å². The van der Waals surface area contributed by atoms with Crippen molar-refractivity contribution in [2.75, 3.05) is 6.73 Å². The molecule has 0 aliphatic heterocycles. The molecule has 1 rings (SSSR count). The molecule has 1 aromatic rings. The standard InChI is InChI=1S/C15H24N2O2/c1-6-12(4)17-15(18)16-9-19-14-11(3)8-7-10(2)13(14)5/h7-8,12H,6,9H2,1-5H3,(H2,16,17,18). The number of urea groups is 1. The van der Waals surface area contributed by atoms with E-state index < -0.39 is 0 Å². The van der Waals surface area contributed by atoms with Crippen LogP contribution in [0, 0.1) is 20.8 Å². The van der Waals surface area contributed by atoms with Gasteiger partial charge in [-0.25, -0.2) is 4.79 Å². The number of benzene rings is 1. The number of nitrogens with one attached hydrogen (secondary N) is 2. The minimum absolute atomic E-state index is 0.169. The van der Waals surface area contributed by atoms with Gasteiger partial charge in [0.2, 0.25) is 0 Å². The molecule has 1 aromatic carbocycles. The van der Waals surface area contributed by atoms with E-state index in [0.29, 0.717) is 0 Å². The predicted octanol–water partition coefficient (Wildman–Crippen LogP) is 3.05. The highest BCUT2D eigenvalue weighted by molar-refractivity contribution is 5.73. The molecule has 0 fully saturated rings. The molecule has 2 amide bonds.